The summed E-state index contributed by atoms with van der Waals surface area (Å²) < 4.78 is 9.97. The number of hydrogen-bond donors (Lipinski definition) is 0. The topological polar surface area (TPSA) is 52.6 Å². The molecule has 118 valence electrons. The van der Waals surface area contributed by atoms with Crippen LogP contribution in [0.2, 0.25) is 0 Å². The molecule has 0 rings (SSSR count). The summed E-state index contributed by atoms with van der Waals surface area (Å²) in [5.41, 5.74) is -0.584. The van der Waals surface area contributed by atoms with Crippen molar-refractivity contribution in [2.75, 3.05) is 12.4 Å². The lowest BCUT2D eigenvalue weighted by Crippen LogP contribution is -2.33. The fourth-order valence-corrected chi connectivity index (χ4v) is 2.22. The van der Waals surface area contributed by atoms with Gasteiger partial charge in [0.25, 0.3) is 0 Å². The molecule has 0 amide bonds. The first-order valence-electron chi connectivity index (χ1n) is 7.18. The summed E-state index contributed by atoms with van der Waals surface area (Å²) >= 11 is 3.39. The van der Waals surface area contributed by atoms with Crippen molar-refractivity contribution in [2.24, 2.45) is 5.92 Å². The third-order valence-electron chi connectivity index (χ3n) is 2.80. The van der Waals surface area contributed by atoms with E-state index in [1.165, 1.54) is 13.5 Å². The summed E-state index contributed by atoms with van der Waals surface area (Å²) in [6, 6.07) is 0. The largest absolute Gasteiger partial charge is 0.468 e. The molecule has 0 saturated heterocycles. The Morgan fingerprint density at radius 3 is 2.05 bits per heavy atom. The normalized spacial score (nSPS) is 12.8. The minimum atomic E-state index is -0.796. The zero-order chi connectivity index (χ0) is 15.6. The quantitative estimate of drug-likeness (QED) is 0.274. The van der Waals surface area contributed by atoms with E-state index in [4.69, 9.17) is 9.47 Å². The average Bonchev–Trinajstić information content (AvgIpc) is 2.35. The Balaban J connectivity index is 4.23. The van der Waals surface area contributed by atoms with Gasteiger partial charge in [-0.05, 0) is 33.6 Å². The summed E-state index contributed by atoms with van der Waals surface area (Å²) in [6.45, 7) is 5.37. The van der Waals surface area contributed by atoms with Gasteiger partial charge in [0.05, 0.1) is 7.11 Å². The molecular formula is C15H27BrO4. The third-order valence-corrected chi connectivity index (χ3v) is 3.36. The molecule has 0 bridgehead atoms. The molecular weight excluding hydrogens is 324 g/mol. The molecule has 0 aliphatic heterocycles. The first-order chi connectivity index (χ1) is 9.31. The van der Waals surface area contributed by atoms with Gasteiger partial charge in [-0.3, -0.25) is 9.59 Å². The molecule has 0 spiro atoms. The maximum atomic E-state index is 12.0. The van der Waals surface area contributed by atoms with Gasteiger partial charge in [-0.1, -0.05) is 41.6 Å². The second-order valence-corrected chi connectivity index (χ2v) is 6.65. The van der Waals surface area contributed by atoms with Gasteiger partial charge in [0.2, 0.25) is 0 Å². The smallest absolute Gasteiger partial charge is 0.320 e. The van der Waals surface area contributed by atoms with E-state index in [9.17, 15) is 9.59 Å². The highest BCUT2D eigenvalue weighted by molar-refractivity contribution is 9.09. The molecule has 0 radical (unpaired) electrons. The Morgan fingerprint density at radius 2 is 1.55 bits per heavy atom. The van der Waals surface area contributed by atoms with Gasteiger partial charge in [-0.25, -0.2) is 0 Å². The fourth-order valence-electron chi connectivity index (χ4n) is 1.82. The fraction of sp³-hybridized carbons (Fsp3) is 0.867. The van der Waals surface area contributed by atoms with Gasteiger partial charge < -0.3 is 9.47 Å². The van der Waals surface area contributed by atoms with Gasteiger partial charge in [-0.15, -0.1) is 0 Å². The Hall–Kier alpha value is -0.580. The molecule has 0 aromatic heterocycles. The number of carbonyl (C=O) groups excluding carboxylic acids is 2. The number of hydrogen-bond acceptors (Lipinski definition) is 4. The second kappa shape index (κ2) is 10.2. The molecule has 0 aromatic rings. The molecule has 0 heterocycles. The van der Waals surface area contributed by atoms with Crippen molar-refractivity contribution in [1.82, 2.24) is 0 Å². The predicted molar refractivity (Wildman–Crippen MR) is 82.8 cm³/mol. The summed E-state index contributed by atoms with van der Waals surface area (Å²) in [5, 5.41) is 1.02. The van der Waals surface area contributed by atoms with Crippen LogP contribution in [0.1, 0.15) is 59.3 Å². The van der Waals surface area contributed by atoms with Gasteiger partial charge in [0.1, 0.15) is 5.60 Å². The van der Waals surface area contributed by atoms with Crippen LogP contribution in [0.3, 0.4) is 0 Å². The van der Waals surface area contributed by atoms with Gasteiger partial charge >= 0.3 is 11.9 Å². The van der Waals surface area contributed by atoms with Crippen LogP contribution in [0.4, 0.5) is 0 Å². The van der Waals surface area contributed by atoms with Crippen LogP contribution in [0.5, 0.6) is 0 Å². The zero-order valence-corrected chi connectivity index (χ0v) is 14.6. The molecule has 0 aliphatic rings. The first kappa shape index (κ1) is 19.4. The van der Waals surface area contributed by atoms with Crippen molar-refractivity contribution in [3.8, 4) is 0 Å². The van der Waals surface area contributed by atoms with Crippen LogP contribution in [0.15, 0.2) is 0 Å². The molecule has 0 N–H and O–H groups in total. The number of esters is 2. The van der Waals surface area contributed by atoms with Crippen LogP contribution >= 0.6 is 15.9 Å². The van der Waals surface area contributed by atoms with Crippen LogP contribution in [-0.2, 0) is 19.1 Å². The van der Waals surface area contributed by atoms with Crippen LogP contribution in [-0.4, -0.2) is 30.0 Å². The molecule has 0 unspecified atom stereocenters. The number of methoxy groups -OCH3 is 1. The Labute approximate surface area is 130 Å². The summed E-state index contributed by atoms with van der Waals surface area (Å²) in [4.78, 5) is 23.7. The SMILES string of the molecule is COC(=O)[C@H](CCCCCCCBr)C(=O)OC(C)(C)C. The molecule has 0 aliphatic carbocycles. The van der Waals surface area contributed by atoms with Gasteiger partial charge in [0.15, 0.2) is 5.92 Å². The number of ether oxygens (including phenoxy) is 2. The number of rotatable bonds is 9. The van der Waals surface area contributed by atoms with E-state index < -0.39 is 23.5 Å². The van der Waals surface area contributed by atoms with Gasteiger partial charge in [0, 0.05) is 5.33 Å². The first-order valence-corrected chi connectivity index (χ1v) is 8.30. The van der Waals surface area contributed by atoms with E-state index in [-0.39, 0.29) is 0 Å². The van der Waals surface area contributed by atoms with E-state index in [1.807, 2.05) is 0 Å². The number of carbonyl (C=O) groups is 2. The number of halogens is 1. The lowest BCUT2D eigenvalue weighted by Gasteiger charge is -2.22. The molecule has 1 atom stereocenters. The minimum absolute atomic E-state index is 0.482. The van der Waals surface area contributed by atoms with Crippen LogP contribution < -0.4 is 0 Å². The molecule has 0 aromatic carbocycles. The van der Waals surface area contributed by atoms with Gasteiger partial charge in [-0.2, -0.15) is 0 Å². The number of unbranched alkanes of at least 4 members (excludes halogenated alkanes) is 4. The summed E-state index contributed by atoms with van der Waals surface area (Å²) in [6.07, 6.45) is 5.79. The van der Waals surface area contributed by atoms with E-state index in [0.29, 0.717) is 6.42 Å². The molecule has 20 heavy (non-hydrogen) atoms. The van der Waals surface area contributed by atoms with E-state index in [2.05, 4.69) is 15.9 Å². The highest BCUT2D eigenvalue weighted by Gasteiger charge is 2.31. The Bertz CT molecular complexity index is 297. The highest BCUT2D eigenvalue weighted by atomic mass is 79.9. The zero-order valence-electron chi connectivity index (χ0n) is 13.0. The molecule has 0 fully saturated rings. The molecule has 0 saturated carbocycles. The van der Waals surface area contributed by atoms with E-state index >= 15 is 0 Å². The lowest BCUT2D eigenvalue weighted by atomic mass is 10.00. The van der Waals surface area contributed by atoms with Crippen LogP contribution in [0.25, 0.3) is 0 Å². The second-order valence-electron chi connectivity index (χ2n) is 5.85. The minimum Gasteiger partial charge on any atom is -0.468 e. The van der Waals surface area contributed by atoms with Crippen molar-refractivity contribution in [3.05, 3.63) is 0 Å². The van der Waals surface area contributed by atoms with Crippen LogP contribution in [0, 0.1) is 5.92 Å². The van der Waals surface area contributed by atoms with Crippen molar-refractivity contribution in [1.29, 1.82) is 0 Å². The standard InChI is InChI=1S/C15H27BrO4/c1-15(2,3)20-14(18)12(13(17)19-4)10-8-6-5-7-9-11-16/h12H,5-11H2,1-4H3/t12-/m0/s1. The van der Waals surface area contributed by atoms with Crippen molar-refractivity contribution in [2.45, 2.75) is 64.9 Å². The Kier molecular flexibility index (Phi) is 9.90. The van der Waals surface area contributed by atoms with E-state index in [0.717, 1.165) is 31.0 Å². The maximum Gasteiger partial charge on any atom is 0.320 e. The predicted octanol–water partition coefficient (Wildman–Crippen LogP) is 3.85. The average molecular weight is 351 g/mol. The summed E-state index contributed by atoms with van der Waals surface area (Å²) in [5.74, 6) is -1.78. The lowest BCUT2D eigenvalue weighted by molar-refractivity contribution is -0.168. The maximum absolute atomic E-state index is 12.0. The van der Waals surface area contributed by atoms with Crippen molar-refractivity contribution >= 4 is 27.9 Å². The monoisotopic (exact) mass is 350 g/mol. The molecule has 5 heteroatoms. The third kappa shape index (κ3) is 9.34. The number of alkyl halides is 1. The molecule has 4 nitrogen and oxygen atoms in total. The van der Waals surface area contributed by atoms with Crippen molar-refractivity contribution < 1.29 is 19.1 Å². The highest BCUT2D eigenvalue weighted by Crippen LogP contribution is 2.18. The van der Waals surface area contributed by atoms with Crippen molar-refractivity contribution in [3.63, 3.8) is 0 Å². The van der Waals surface area contributed by atoms with E-state index in [1.54, 1.807) is 20.8 Å². The Morgan fingerprint density at radius 1 is 1.00 bits per heavy atom. The summed E-state index contributed by atoms with van der Waals surface area (Å²) in [7, 11) is 1.30.